The fraction of sp³-hybridized carbons (Fsp3) is 0.588. The summed E-state index contributed by atoms with van der Waals surface area (Å²) in [5, 5.41) is 15.6. The lowest BCUT2D eigenvalue weighted by Gasteiger charge is -2.15. The van der Waals surface area contributed by atoms with Crippen LogP contribution >= 0.6 is 0 Å². The minimum atomic E-state index is -3.70. The van der Waals surface area contributed by atoms with Crippen LogP contribution < -0.4 is 5.43 Å². The lowest BCUT2D eigenvalue weighted by atomic mass is 10.1. The van der Waals surface area contributed by atoms with E-state index in [1.54, 1.807) is 0 Å². The first kappa shape index (κ1) is 20.3. The van der Waals surface area contributed by atoms with Crippen LogP contribution in [0, 0.1) is 16.0 Å². The maximum absolute atomic E-state index is 12.6. The molecular formula is C17H26N4O4S. The van der Waals surface area contributed by atoms with Crippen LogP contribution in [0.2, 0.25) is 0 Å². The number of nitrogens with one attached hydrogen (secondary N) is 1. The van der Waals surface area contributed by atoms with Crippen molar-refractivity contribution in [2.75, 3.05) is 18.5 Å². The van der Waals surface area contributed by atoms with Gasteiger partial charge in [-0.05, 0) is 50.7 Å². The van der Waals surface area contributed by atoms with Crippen molar-refractivity contribution in [3.05, 3.63) is 28.3 Å². The number of hydrogen-bond donors (Lipinski definition) is 1. The Hall–Kier alpha value is -2.00. The maximum atomic E-state index is 12.6. The van der Waals surface area contributed by atoms with Crippen molar-refractivity contribution in [3.63, 3.8) is 0 Å². The summed E-state index contributed by atoms with van der Waals surface area (Å²) in [6, 6.07) is 3.90. The molecule has 1 aliphatic rings. The van der Waals surface area contributed by atoms with E-state index in [0.717, 1.165) is 37.5 Å². The summed E-state index contributed by atoms with van der Waals surface area (Å²) in [5.74, 6) is 0.546. The summed E-state index contributed by atoms with van der Waals surface area (Å²) >= 11 is 0. The van der Waals surface area contributed by atoms with Crippen molar-refractivity contribution >= 4 is 27.1 Å². The van der Waals surface area contributed by atoms with Crippen molar-refractivity contribution in [3.8, 4) is 0 Å². The Bertz CT molecular complexity index is 784. The maximum Gasteiger partial charge on any atom is 0.295 e. The number of hydrazone groups is 1. The zero-order valence-corrected chi connectivity index (χ0v) is 16.3. The summed E-state index contributed by atoms with van der Waals surface area (Å²) in [4.78, 5) is 10.7. The SMILES string of the molecule is CC(CCC(C)C)=NNc1ccc(S(=O)(=O)N2CCCC2)cc1[N+](=O)[O-]. The van der Waals surface area contributed by atoms with E-state index in [1.807, 2.05) is 6.92 Å². The Balaban J connectivity index is 2.24. The number of hydrogen-bond acceptors (Lipinski definition) is 6. The Labute approximate surface area is 154 Å². The van der Waals surface area contributed by atoms with Crippen LogP contribution in [0.4, 0.5) is 11.4 Å². The Morgan fingerprint density at radius 1 is 1.35 bits per heavy atom. The minimum absolute atomic E-state index is 0.0582. The number of rotatable bonds is 8. The number of nitro groups is 1. The Morgan fingerprint density at radius 3 is 2.58 bits per heavy atom. The number of sulfonamides is 1. The topological polar surface area (TPSA) is 105 Å². The van der Waals surface area contributed by atoms with Crippen LogP contribution in [0.5, 0.6) is 0 Å². The molecule has 2 rings (SSSR count). The third-order valence-corrected chi connectivity index (χ3v) is 6.21. The van der Waals surface area contributed by atoms with Gasteiger partial charge in [-0.2, -0.15) is 9.41 Å². The fourth-order valence-corrected chi connectivity index (χ4v) is 4.24. The van der Waals surface area contributed by atoms with Gasteiger partial charge in [0.2, 0.25) is 10.0 Å². The molecule has 1 aromatic carbocycles. The van der Waals surface area contributed by atoms with Crippen LogP contribution in [-0.2, 0) is 10.0 Å². The van der Waals surface area contributed by atoms with Gasteiger partial charge in [0, 0.05) is 24.9 Å². The third-order valence-electron chi connectivity index (χ3n) is 4.32. The molecule has 1 fully saturated rings. The van der Waals surface area contributed by atoms with Gasteiger partial charge in [0.15, 0.2) is 0 Å². The number of anilines is 1. The van der Waals surface area contributed by atoms with Gasteiger partial charge in [0.1, 0.15) is 5.69 Å². The van der Waals surface area contributed by atoms with Gasteiger partial charge < -0.3 is 0 Å². The zero-order chi connectivity index (χ0) is 19.3. The highest BCUT2D eigenvalue weighted by molar-refractivity contribution is 7.89. The van der Waals surface area contributed by atoms with Crippen molar-refractivity contribution in [1.82, 2.24) is 4.31 Å². The van der Waals surface area contributed by atoms with E-state index in [1.165, 1.54) is 16.4 Å². The fourth-order valence-electron chi connectivity index (χ4n) is 2.70. The predicted molar refractivity (Wildman–Crippen MR) is 102 cm³/mol. The molecule has 1 N–H and O–H groups in total. The van der Waals surface area contributed by atoms with Gasteiger partial charge in [0.05, 0.1) is 9.82 Å². The number of nitrogens with zero attached hydrogens (tertiary/aromatic N) is 3. The molecule has 1 saturated heterocycles. The lowest BCUT2D eigenvalue weighted by molar-refractivity contribution is -0.384. The molecule has 0 aromatic heterocycles. The molecular weight excluding hydrogens is 356 g/mol. The van der Waals surface area contributed by atoms with Crippen molar-refractivity contribution in [1.29, 1.82) is 0 Å². The normalized spacial score (nSPS) is 16.2. The molecule has 0 amide bonds. The van der Waals surface area contributed by atoms with Gasteiger partial charge in [-0.1, -0.05) is 13.8 Å². The summed E-state index contributed by atoms with van der Waals surface area (Å²) in [5.41, 5.74) is 3.42. The molecule has 9 heteroatoms. The molecule has 0 bridgehead atoms. The molecule has 1 heterocycles. The second kappa shape index (κ2) is 8.59. The first-order valence-electron chi connectivity index (χ1n) is 8.79. The summed E-state index contributed by atoms with van der Waals surface area (Å²) in [6.45, 7) is 6.99. The van der Waals surface area contributed by atoms with Gasteiger partial charge in [-0.25, -0.2) is 8.42 Å². The minimum Gasteiger partial charge on any atom is -0.272 e. The van der Waals surface area contributed by atoms with Gasteiger partial charge in [-0.3, -0.25) is 15.5 Å². The van der Waals surface area contributed by atoms with Crippen molar-refractivity contribution in [2.24, 2.45) is 11.0 Å². The molecule has 0 unspecified atom stereocenters. The van der Waals surface area contributed by atoms with E-state index in [9.17, 15) is 18.5 Å². The van der Waals surface area contributed by atoms with E-state index in [4.69, 9.17) is 0 Å². The third kappa shape index (κ3) is 5.01. The van der Waals surface area contributed by atoms with Crippen LogP contribution in [0.25, 0.3) is 0 Å². The van der Waals surface area contributed by atoms with E-state index < -0.39 is 14.9 Å². The highest BCUT2D eigenvalue weighted by atomic mass is 32.2. The highest BCUT2D eigenvalue weighted by Crippen LogP contribution is 2.30. The smallest absolute Gasteiger partial charge is 0.272 e. The van der Waals surface area contributed by atoms with E-state index in [-0.39, 0.29) is 16.3 Å². The van der Waals surface area contributed by atoms with Crippen LogP contribution in [0.3, 0.4) is 0 Å². The van der Waals surface area contributed by atoms with E-state index in [2.05, 4.69) is 24.4 Å². The second-order valence-corrected chi connectivity index (χ2v) is 8.88. The molecule has 0 aliphatic carbocycles. The largest absolute Gasteiger partial charge is 0.295 e. The van der Waals surface area contributed by atoms with E-state index >= 15 is 0 Å². The Morgan fingerprint density at radius 2 is 2.00 bits per heavy atom. The molecule has 26 heavy (non-hydrogen) atoms. The molecule has 0 atom stereocenters. The van der Waals surface area contributed by atoms with Crippen molar-refractivity contribution in [2.45, 2.75) is 51.3 Å². The van der Waals surface area contributed by atoms with Gasteiger partial charge >= 0.3 is 0 Å². The molecule has 0 radical (unpaired) electrons. The zero-order valence-electron chi connectivity index (χ0n) is 15.4. The molecule has 0 spiro atoms. The van der Waals surface area contributed by atoms with Crippen LogP contribution in [0.15, 0.2) is 28.2 Å². The number of nitro benzene ring substituents is 1. The van der Waals surface area contributed by atoms with Crippen LogP contribution in [-0.4, -0.2) is 36.4 Å². The standard InChI is InChI=1S/C17H26N4O4S/c1-13(2)6-7-14(3)18-19-16-9-8-15(12-17(16)21(22)23)26(24,25)20-10-4-5-11-20/h8-9,12-13,19H,4-7,10-11H2,1-3H3. The van der Waals surface area contributed by atoms with E-state index in [0.29, 0.717) is 19.0 Å². The van der Waals surface area contributed by atoms with Crippen LogP contribution in [0.1, 0.15) is 46.5 Å². The quantitative estimate of drug-likeness (QED) is 0.420. The molecule has 0 saturated carbocycles. The molecule has 1 aliphatic heterocycles. The Kier molecular flexibility index (Phi) is 6.71. The summed E-state index contributed by atoms with van der Waals surface area (Å²) in [6.07, 6.45) is 3.39. The highest BCUT2D eigenvalue weighted by Gasteiger charge is 2.29. The van der Waals surface area contributed by atoms with Gasteiger partial charge in [-0.15, -0.1) is 0 Å². The lowest BCUT2D eigenvalue weighted by Crippen LogP contribution is -2.27. The summed E-state index contributed by atoms with van der Waals surface area (Å²) in [7, 11) is -3.70. The van der Waals surface area contributed by atoms with Crippen molar-refractivity contribution < 1.29 is 13.3 Å². The summed E-state index contributed by atoms with van der Waals surface area (Å²) < 4.78 is 26.6. The first-order valence-corrected chi connectivity index (χ1v) is 10.2. The van der Waals surface area contributed by atoms with Gasteiger partial charge in [0.25, 0.3) is 5.69 Å². The average molecular weight is 382 g/mol. The molecule has 1 aromatic rings. The average Bonchev–Trinajstić information content (AvgIpc) is 3.13. The molecule has 144 valence electrons. The second-order valence-electron chi connectivity index (χ2n) is 6.94. The predicted octanol–water partition coefficient (Wildman–Crippen LogP) is 3.60. The first-order chi connectivity index (χ1) is 12.2. The number of benzene rings is 1. The monoisotopic (exact) mass is 382 g/mol. The molecule has 8 nitrogen and oxygen atoms in total.